The molecule has 3 aromatic rings. The first-order chi connectivity index (χ1) is 22.5. The molecule has 1 saturated carbocycles. The van der Waals surface area contributed by atoms with Crippen LogP contribution in [0.4, 0.5) is 0 Å². The number of fused-ring (bicyclic) bond motifs is 1. The zero-order valence-electron chi connectivity index (χ0n) is 26.7. The van der Waals surface area contributed by atoms with Crippen LogP contribution in [0.25, 0.3) is 0 Å². The molecule has 4 aliphatic rings. The SMILES string of the molecule is CN1CCN(S(=O)(=O)N2C[C@@H]3[C@H](C2)[C@H]3N2C(=O)C(Cc3cncn3C)(Cc3cncn3C)N/C2=C\C(=O)c2ccc(C#N)cc2)CC1. The van der Waals surface area contributed by atoms with Crippen LogP contribution in [0.3, 0.4) is 0 Å². The zero-order chi connectivity index (χ0) is 33.1. The Morgan fingerprint density at radius 2 is 1.53 bits per heavy atom. The summed E-state index contributed by atoms with van der Waals surface area (Å²) in [6.45, 7) is 2.93. The fourth-order valence-electron chi connectivity index (χ4n) is 7.26. The topological polar surface area (TPSA) is 153 Å². The van der Waals surface area contributed by atoms with Crippen LogP contribution in [-0.4, -0.2) is 116 Å². The third-order valence-corrected chi connectivity index (χ3v) is 12.1. The molecule has 1 N–H and O–H groups in total. The molecule has 15 heteroatoms. The van der Waals surface area contributed by atoms with Crippen molar-refractivity contribution in [3.63, 3.8) is 0 Å². The lowest BCUT2D eigenvalue weighted by atomic mass is 9.88. The fourth-order valence-corrected chi connectivity index (χ4v) is 8.93. The Hall–Kier alpha value is -4.36. The minimum Gasteiger partial charge on any atom is -0.356 e. The van der Waals surface area contributed by atoms with Gasteiger partial charge in [0.15, 0.2) is 5.78 Å². The molecular formula is C32H38N10O4S. The Morgan fingerprint density at radius 3 is 2.04 bits per heavy atom. The average Bonchev–Trinajstić information content (AvgIpc) is 3.52. The summed E-state index contributed by atoms with van der Waals surface area (Å²) in [6.07, 6.45) is 8.92. The van der Waals surface area contributed by atoms with Crippen molar-refractivity contribution >= 4 is 21.9 Å². The molecule has 1 aromatic carbocycles. The number of carbonyl (C=O) groups is 2. The summed E-state index contributed by atoms with van der Waals surface area (Å²) in [5, 5.41) is 12.7. The molecule has 3 saturated heterocycles. The molecule has 1 amide bonds. The van der Waals surface area contributed by atoms with E-state index in [0.29, 0.717) is 69.1 Å². The smallest absolute Gasteiger partial charge is 0.282 e. The van der Waals surface area contributed by atoms with Gasteiger partial charge in [0, 0.05) is 120 Å². The van der Waals surface area contributed by atoms with Crippen LogP contribution < -0.4 is 5.32 Å². The van der Waals surface area contributed by atoms with Crippen LogP contribution >= 0.6 is 0 Å². The summed E-state index contributed by atoms with van der Waals surface area (Å²) < 4.78 is 33.9. The van der Waals surface area contributed by atoms with Gasteiger partial charge in [-0.15, -0.1) is 0 Å². The number of imidazole rings is 2. The first-order valence-corrected chi connectivity index (χ1v) is 17.1. The van der Waals surface area contributed by atoms with Crippen molar-refractivity contribution in [1.29, 1.82) is 5.26 Å². The summed E-state index contributed by atoms with van der Waals surface area (Å²) in [4.78, 5) is 40.8. The lowest BCUT2D eigenvalue weighted by molar-refractivity contribution is -0.132. The molecule has 1 aliphatic carbocycles. The third-order valence-electron chi connectivity index (χ3n) is 10.1. The molecule has 4 fully saturated rings. The van der Waals surface area contributed by atoms with Gasteiger partial charge in [-0.2, -0.15) is 22.3 Å². The van der Waals surface area contributed by atoms with Crippen LogP contribution in [0.1, 0.15) is 27.3 Å². The number of benzene rings is 1. The Labute approximate surface area is 274 Å². The van der Waals surface area contributed by atoms with Crippen molar-refractivity contribution in [3.05, 3.63) is 83.7 Å². The molecule has 3 atom stereocenters. The zero-order valence-corrected chi connectivity index (χ0v) is 27.5. The number of allylic oxidation sites excluding steroid dienone is 1. The highest BCUT2D eigenvalue weighted by Crippen LogP contribution is 2.53. The minimum atomic E-state index is -3.61. The van der Waals surface area contributed by atoms with E-state index in [0.717, 1.165) is 11.4 Å². The number of carbonyl (C=O) groups excluding carboxylic acids is 2. The van der Waals surface area contributed by atoms with Gasteiger partial charge in [-0.1, -0.05) is 0 Å². The second kappa shape index (κ2) is 11.7. The monoisotopic (exact) mass is 658 g/mol. The van der Waals surface area contributed by atoms with Gasteiger partial charge >= 0.3 is 0 Å². The van der Waals surface area contributed by atoms with E-state index < -0.39 is 15.7 Å². The normalized spacial score (nSPS) is 25.6. The van der Waals surface area contributed by atoms with Crippen LogP contribution in [0.15, 0.2) is 61.2 Å². The van der Waals surface area contributed by atoms with Crippen molar-refractivity contribution in [3.8, 4) is 6.07 Å². The van der Waals surface area contributed by atoms with Gasteiger partial charge in [-0.25, -0.2) is 9.97 Å². The number of nitrogens with zero attached hydrogens (tertiary/aromatic N) is 9. The number of hydrogen-bond acceptors (Lipinski definition) is 9. The lowest BCUT2D eigenvalue weighted by Gasteiger charge is -2.35. The second-order valence-electron chi connectivity index (χ2n) is 13.2. The second-order valence-corrected chi connectivity index (χ2v) is 15.1. The molecule has 246 valence electrons. The van der Waals surface area contributed by atoms with Gasteiger partial charge in [0.1, 0.15) is 11.4 Å². The molecule has 0 radical (unpaired) electrons. The number of amides is 1. The summed E-state index contributed by atoms with van der Waals surface area (Å²) in [7, 11) is 2.13. The van der Waals surface area contributed by atoms with Crippen LogP contribution in [0.2, 0.25) is 0 Å². The quantitative estimate of drug-likeness (QED) is 0.250. The van der Waals surface area contributed by atoms with E-state index in [2.05, 4.69) is 26.3 Å². The van der Waals surface area contributed by atoms with Gasteiger partial charge in [0.2, 0.25) is 0 Å². The van der Waals surface area contributed by atoms with Gasteiger partial charge < -0.3 is 19.4 Å². The van der Waals surface area contributed by atoms with Crippen LogP contribution in [0.5, 0.6) is 0 Å². The Balaban J connectivity index is 1.21. The summed E-state index contributed by atoms with van der Waals surface area (Å²) in [5.74, 6) is -0.203. The number of piperazine rings is 1. The van der Waals surface area contributed by atoms with Crippen molar-refractivity contribution in [1.82, 2.24) is 42.8 Å². The van der Waals surface area contributed by atoms with E-state index in [1.54, 1.807) is 62.8 Å². The maximum absolute atomic E-state index is 14.9. The number of rotatable bonds is 9. The molecule has 0 bridgehead atoms. The van der Waals surface area contributed by atoms with E-state index in [-0.39, 0.29) is 29.6 Å². The van der Waals surface area contributed by atoms with Crippen molar-refractivity contribution < 1.29 is 18.0 Å². The highest BCUT2D eigenvalue weighted by molar-refractivity contribution is 7.86. The van der Waals surface area contributed by atoms with Gasteiger partial charge in [-0.3, -0.25) is 14.5 Å². The van der Waals surface area contributed by atoms with E-state index in [4.69, 9.17) is 0 Å². The minimum absolute atomic E-state index is 0.0550. The molecule has 14 nitrogen and oxygen atoms in total. The number of aryl methyl sites for hydroxylation is 2. The maximum atomic E-state index is 14.9. The van der Waals surface area contributed by atoms with Gasteiger partial charge in [-0.05, 0) is 31.3 Å². The third kappa shape index (κ3) is 5.54. The lowest BCUT2D eigenvalue weighted by Crippen LogP contribution is -2.53. The predicted octanol–water partition coefficient (Wildman–Crippen LogP) is 0.128. The predicted molar refractivity (Wildman–Crippen MR) is 170 cm³/mol. The van der Waals surface area contributed by atoms with Crippen molar-refractivity contribution in [2.24, 2.45) is 25.9 Å². The summed E-state index contributed by atoms with van der Waals surface area (Å²) in [6, 6.07) is 8.19. The van der Waals surface area contributed by atoms with Crippen molar-refractivity contribution in [2.45, 2.75) is 24.4 Å². The number of ketones is 1. The van der Waals surface area contributed by atoms with E-state index in [1.165, 1.54) is 6.08 Å². The standard InChI is InChI=1S/C32H38N10O4S/c1-37-8-10-40(11-9-37)47(45,46)41-18-26-27(19-41)30(26)42-29(12-28(43)23-6-4-22(15-33)5-7-23)36-32(31(42)44,13-24-16-34-20-38(24)2)14-25-17-35-21-39(25)3/h4-7,12,16-17,20-21,26-27,30,36H,8-11,13-14,18-19H2,1-3H3/b29-12+/t26-,27+,30+. The number of aromatic nitrogens is 4. The Morgan fingerprint density at radius 1 is 0.957 bits per heavy atom. The Kier molecular flexibility index (Phi) is 7.79. The maximum Gasteiger partial charge on any atom is 0.282 e. The number of piperidine rings is 1. The fraction of sp³-hybridized carbons (Fsp3) is 0.469. The molecule has 7 rings (SSSR count). The molecule has 2 aromatic heterocycles. The van der Waals surface area contributed by atoms with E-state index >= 15 is 0 Å². The van der Waals surface area contributed by atoms with Crippen molar-refractivity contribution in [2.75, 3.05) is 46.3 Å². The average molecular weight is 659 g/mol. The molecule has 3 aliphatic heterocycles. The Bertz CT molecular complexity index is 1830. The van der Waals surface area contributed by atoms with Gasteiger partial charge in [0.05, 0.1) is 24.3 Å². The molecule has 5 heterocycles. The van der Waals surface area contributed by atoms with Crippen LogP contribution in [0, 0.1) is 23.2 Å². The summed E-state index contributed by atoms with van der Waals surface area (Å²) >= 11 is 0. The molecule has 0 unspecified atom stereocenters. The van der Waals surface area contributed by atoms with E-state index in [9.17, 15) is 23.3 Å². The highest BCUT2D eigenvalue weighted by Gasteiger charge is 2.66. The van der Waals surface area contributed by atoms with Gasteiger partial charge in [0.25, 0.3) is 16.1 Å². The number of likely N-dealkylation sites (N-methyl/N-ethyl adjacent to an activating group) is 1. The number of nitrogens with one attached hydrogen (secondary N) is 1. The highest BCUT2D eigenvalue weighted by atomic mass is 32.2. The largest absolute Gasteiger partial charge is 0.356 e. The van der Waals surface area contributed by atoms with E-state index in [1.807, 2.05) is 30.3 Å². The molecular weight excluding hydrogens is 620 g/mol. The first-order valence-electron chi connectivity index (χ1n) is 15.7. The number of nitriles is 1. The summed E-state index contributed by atoms with van der Waals surface area (Å²) in [5.41, 5.74) is 1.36. The molecule has 0 spiro atoms. The first kappa shape index (κ1) is 31.3. The van der Waals surface area contributed by atoms with Crippen LogP contribution in [-0.2, 0) is 41.9 Å². The molecule has 47 heavy (non-hydrogen) atoms. The number of hydrogen-bond donors (Lipinski definition) is 1.